The lowest BCUT2D eigenvalue weighted by Crippen LogP contribution is -2.21. The molecule has 0 atom stereocenters. The van der Waals surface area contributed by atoms with Gasteiger partial charge in [-0.1, -0.05) is 34.1 Å². The minimum absolute atomic E-state index is 0. The highest BCUT2D eigenvalue weighted by molar-refractivity contribution is 9.09. The Kier molecular flexibility index (Phi) is 4.76. The molecule has 2 rings (SSSR count). The van der Waals surface area contributed by atoms with E-state index in [1.807, 2.05) is 0 Å². The standard InChI is InChI=1S/C11H14BrN.ClH/c12-7-3-8-13-9-6-10-4-1-2-5-11(10)13;/h1-2,4-5H,3,6-9H2;1H. The molecule has 0 fully saturated rings. The summed E-state index contributed by atoms with van der Waals surface area (Å²) in [5.41, 5.74) is 2.96. The van der Waals surface area contributed by atoms with Crippen LogP contribution < -0.4 is 4.90 Å². The van der Waals surface area contributed by atoms with Gasteiger partial charge in [0.15, 0.2) is 0 Å². The molecule has 0 saturated carbocycles. The Labute approximate surface area is 100 Å². The summed E-state index contributed by atoms with van der Waals surface area (Å²) in [5.74, 6) is 0. The van der Waals surface area contributed by atoms with Gasteiger partial charge in [-0.2, -0.15) is 0 Å². The Morgan fingerprint density at radius 1 is 1.29 bits per heavy atom. The summed E-state index contributed by atoms with van der Waals surface area (Å²) in [7, 11) is 0. The molecule has 1 heterocycles. The maximum atomic E-state index is 3.47. The molecule has 78 valence electrons. The Morgan fingerprint density at radius 3 is 2.86 bits per heavy atom. The molecule has 0 saturated heterocycles. The van der Waals surface area contributed by atoms with Crippen molar-refractivity contribution in [3.05, 3.63) is 29.8 Å². The highest BCUT2D eigenvalue weighted by Gasteiger charge is 2.16. The lowest BCUT2D eigenvalue weighted by atomic mass is 10.2. The van der Waals surface area contributed by atoms with Gasteiger partial charge in [-0.15, -0.1) is 12.4 Å². The molecule has 1 aliphatic heterocycles. The molecule has 1 nitrogen and oxygen atoms in total. The Morgan fingerprint density at radius 2 is 2.07 bits per heavy atom. The second kappa shape index (κ2) is 5.62. The molecule has 3 heteroatoms. The van der Waals surface area contributed by atoms with Gasteiger partial charge in [0.2, 0.25) is 0 Å². The normalized spacial score (nSPS) is 13.6. The van der Waals surface area contributed by atoms with Gasteiger partial charge in [0.1, 0.15) is 0 Å². The van der Waals surface area contributed by atoms with Gasteiger partial charge in [-0.05, 0) is 24.5 Å². The van der Waals surface area contributed by atoms with Crippen LogP contribution in [0.15, 0.2) is 24.3 Å². The smallest absolute Gasteiger partial charge is 0.0399 e. The third-order valence-electron chi connectivity index (χ3n) is 2.55. The van der Waals surface area contributed by atoms with E-state index in [0.717, 1.165) is 5.33 Å². The third kappa shape index (κ3) is 2.43. The van der Waals surface area contributed by atoms with Crippen LogP contribution in [-0.4, -0.2) is 18.4 Å². The minimum Gasteiger partial charge on any atom is -0.371 e. The predicted octanol–water partition coefficient (Wildman–Crippen LogP) is 3.26. The van der Waals surface area contributed by atoms with Crippen molar-refractivity contribution in [2.24, 2.45) is 0 Å². The first kappa shape index (κ1) is 11.9. The van der Waals surface area contributed by atoms with Crippen molar-refractivity contribution in [3.8, 4) is 0 Å². The van der Waals surface area contributed by atoms with Crippen molar-refractivity contribution < 1.29 is 0 Å². The number of alkyl halides is 1. The number of hydrogen-bond acceptors (Lipinski definition) is 1. The van der Waals surface area contributed by atoms with Crippen molar-refractivity contribution in [1.82, 2.24) is 0 Å². The van der Waals surface area contributed by atoms with Gasteiger partial charge in [0.25, 0.3) is 0 Å². The Bertz CT molecular complexity index is 290. The summed E-state index contributed by atoms with van der Waals surface area (Å²) < 4.78 is 0. The molecule has 1 aromatic carbocycles. The fraction of sp³-hybridized carbons (Fsp3) is 0.455. The minimum atomic E-state index is 0. The number of para-hydroxylation sites is 1. The fourth-order valence-corrected chi connectivity index (χ4v) is 2.14. The van der Waals surface area contributed by atoms with E-state index in [-0.39, 0.29) is 12.4 Å². The van der Waals surface area contributed by atoms with Crippen LogP contribution in [0.3, 0.4) is 0 Å². The lowest BCUT2D eigenvalue weighted by Gasteiger charge is -2.18. The summed E-state index contributed by atoms with van der Waals surface area (Å²) in [5, 5.41) is 1.10. The molecule has 0 bridgehead atoms. The molecular formula is C11H15BrClN. The molecule has 0 aliphatic carbocycles. The summed E-state index contributed by atoms with van der Waals surface area (Å²) in [6.45, 7) is 2.38. The second-order valence-corrected chi connectivity index (χ2v) is 4.20. The monoisotopic (exact) mass is 275 g/mol. The van der Waals surface area contributed by atoms with Gasteiger partial charge < -0.3 is 4.90 Å². The number of fused-ring (bicyclic) bond motifs is 1. The summed E-state index contributed by atoms with van der Waals surface area (Å²) in [4.78, 5) is 2.48. The molecular weight excluding hydrogens is 261 g/mol. The van der Waals surface area contributed by atoms with Gasteiger partial charge in [0, 0.05) is 24.1 Å². The van der Waals surface area contributed by atoms with Crippen molar-refractivity contribution in [2.75, 3.05) is 23.3 Å². The van der Waals surface area contributed by atoms with Crippen LogP contribution in [0, 0.1) is 0 Å². The van der Waals surface area contributed by atoms with Gasteiger partial charge in [0.05, 0.1) is 0 Å². The van der Waals surface area contributed by atoms with Crippen LogP contribution in [0.25, 0.3) is 0 Å². The molecule has 0 unspecified atom stereocenters. The van der Waals surface area contributed by atoms with E-state index in [9.17, 15) is 0 Å². The first-order chi connectivity index (χ1) is 6.42. The molecule has 0 spiro atoms. The molecule has 1 aliphatic rings. The highest BCUT2D eigenvalue weighted by Crippen LogP contribution is 2.27. The predicted molar refractivity (Wildman–Crippen MR) is 68.0 cm³/mol. The van der Waals surface area contributed by atoms with Crippen LogP contribution in [0.1, 0.15) is 12.0 Å². The van der Waals surface area contributed by atoms with Crippen LogP contribution in [0.4, 0.5) is 5.69 Å². The maximum absolute atomic E-state index is 3.47. The van der Waals surface area contributed by atoms with Gasteiger partial charge in [-0.3, -0.25) is 0 Å². The SMILES string of the molecule is BrCCCN1CCc2ccccc21.Cl. The van der Waals surface area contributed by atoms with Crippen LogP contribution in [-0.2, 0) is 6.42 Å². The van der Waals surface area contributed by atoms with Crippen LogP contribution >= 0.6 is 28.3 Å². The van der Waals surface area contributed by atoms with Gasteiger partial charge in [-0.25, -0.2) is 0 Å². The Balaban J connectivity index is 0.000000980. The number of nitrogens with zero attached hydrogens (tertiary/aromatic N) is 1. The number of benzene rings is 1. The molecule has 0 N–H and O–H groups in total. The Hall–Kier alpha value is -0.210. The molecule has 0 amide bonds. The first-order valence-electron chi connectivity index (χ1n) is 4.80. The summed E-state index contributed by atoms with van der Waals surface area (Å²) in [6.07, 6.45) is 2.45. The van der Waals surface area contributed by atoms with E-state index in [0.29, 0.717) is 0 Å². The molecule has 0 radical (unpaired) electrons. The first-order valence-corrected chi connectivity index (χ1v) is 5.93. The molecule has 14 heavy (non-hydrogen) atoms. The average molecular weight is 277 g/mol. The van der Waals surface area contributed by atoms with Gasteiger partial charge >= 0.3 is 0 Å². The van der Waals surface area contributed by atoms with Crippen molar-refractivity contribution in [2.45, 2.75) is 12.8 Å². The highest BCUT2D eigenvalue weighted by atomic mass is 79.9. The lowest BCUT2D eigenvalue weighted by molar-refractivity contribution is 0.804. The number of rotatable bonds is 3. The van der Waals surface area contributed by atoms with E-state index in [4.69, 9.17) is 0 Å². The zero-order chi connectivity index (χ0) is 9.10. The maximum Gasteiger partial charge on any atom is 0.0399 e. The summed E-state index contributed by atoms with van der Waals surface area (Å²) in [6, 6.07) is 8.73. The largest absolute Gasteiger partial charge is 0.371 e. The molecule has 0 aromatic heterocycles. The summed E-state index contributed by atoms with van der Waals surface area (Å²) >= 11 is 3.47. The second-order valence-electron chi connectivity index (χ2n) is 3.41. The topological polar surface area (TPSA) is 3.24 Å². The zero-order valence-electron chi connectivity index (χ0n) is 8.08. The van der Waals surface area contributed by atoms with Crippen molar-refractivity contribution in [3.63, 3.8) is 0 Å². The van der Waals surface area contributed by atoms with E-state index in [2.05, 4.69) is 45.1 Å². The number of hydrogen-bond donors (Lipinski definition) is 0. The van der Waals surface area contributed by atoms with E-state index in [1.165, 1.54) is 37.2 Å². The number of anilines is 1. The zero-order valence-corrected chi connectivity index (χ0v) is 10.5. The average Bonchev–Trinajstić information content (AvgIpc) is 2.58. The van der Waals surface area contributed by atoms with Crippen LogP contribution in [0.5, 0.6) is 0 Å². The quantitative estimate of drug-likeness (QED) is 0.766. The third-order valence-corrected chi connectivity index (χ3v) is 3.11. The van der Waals surface area contributed by atoms with E-state index in [1.54, 1.807) is 0 Å². The molecule has 1 aromatic rings. The number of halogens is 2. The van der Waals surface area contributed by atoms with Crippen LogP contribution in [0.2, 0.25) is 0 Å². The van der Waals surface area contributed by atoms with Crippen molar-refractivity contribution in [1.29, 1.82) is 0 Å². The van der Waals surface area contributed by atoms with E-state index >= 15 is 0 Å². The fourth-order valence-electron chi connectivity index (χ4n) is 1.89. The van der Waals surface area contributed by atoms with Crippen molar-refractivity contribution >= 4 is 34.0 Å². The van der Waals surface area contributed by atoms with E-state index < -0.39 is 0 Å².